The van der Waals surface area contributed by atoms with Crippen LogP contribution in [0.2, 0.25) is 10.0 Å². The quantitative estimate of drug-likeness (QED) is 0.905. The van der Waals surface area contributed by atoms with Gasteiger partial charge in [-0.05, 0) is 45.5 Å². The Balaban J connectivity index is 2.90. The minimum absolute atomic E-state index is 0.0728. The van der Waals surface area contributed by atoms with Crippen LogP contribution in [0.5, 0.6) is 0 Å². The summed E-state index contributed by atoms with van der Waals surface area (Å²) in [6.45, 7) is 6.38. The van der Waals surface area contributed by atoms with Crippen LogP contribution in [0.25, 0.3) is 0 Å². The first kappa shape index (κ1) is 16.3. The lowest BCUT2D eigenvalue weighted by Gasteiger charge is -2.29. The summed E-state index contributed by atoms with van der Waals surface area (Å²) in [6.07, 6.45) is 0. The fourth-order valence-electron chi connectivity index (χ4n) is 1.72. The molecule has 0 saturated carbocycles. The standard InChI is InChI=1S/C14H20Cl2N2O/c1-9(2)18(14(19)10(3)17-4)8-11-5-6-12(15)13(16)7-11/h5-7,9-10,17H,8H2,1-4H3. The van der Waals surface area contributed by atoms with Gasteiger partial charge in [0.05, 0.1) is 16.1 Å². The molecule has 0 spiro atoms. The van der Waals surface area contributed by atoms with Crippen molar-refractivity contribution >= 4 is 29.1 Å². The molecule has 0 saturated heterocycles. The van der Waals surface area contributed by atoms with Crippen LogP contribution in [-0.2, 0) is 11.3 Å². The zero-order valence-electron chi connectivity index (χ0n) is 11.7. The second-order valence-electron chi connectivity index (χ2n) is 4.82. The van der Waals surface area contributed by atoms with Gasteiger partial charge in [0.1, 0.15) is 0 Å². The average Bonchev–Trinajstić information content (AvgIpc) is 2.37. The predicted octanol–water partition coefficient (Wildman–Crippen LogP) is 3.34. The zero-order valence-corrected chi connectivity index (χ0v) is 13.2. The molecule has 0 aliphatic rings. The van der Waals surface area contributed by atoms with E-state index in [0.29, 0.717) is 16.6 Å². The predicted molar refractivity (Wildman–Crippen MR) is 80.7 cm³/mol. The number of amides is 1. The molecule has 0 aliphatic carbocycles. The lowest BCUT2D eigenvalue weighted by atomic mass is 10.1. The summed E-state index contributed by atoms with van der Waals surface area (Å²) in [6, 6.07) is 5.37. The molecule has 3 nitrogen and oxygen atoms in total. The van der Waals surface area contributed by atoms with Gasteiger partial charge in [-0.15, -0.1) is 0 Å². The van der Waals surface area contributed by atoms with Crippen LogP contribution in [0.15, 0.2) is 18.2 Å². The topological polar surface area (TPSA) is 32.3 Å². The van der Waals surface area contributed by atoms with Crippen LogP contribution < -0.4 is 5.32 Å². The van der Waals surface area contributed by atoms with Crippen molar-refractivity contribution in [3.63, 3.8) is 0 Å². The minimum Gasteiger partial charge on any atom is -0.335 e. The molecule has 0 aromatic heterocycles. The normalized spacial score (nSPS) is 12.6. The average molecular weight is 303 g/mol. The van der Waals surface area contributed by atoms with E-state index in [1.165, 1.54) is 0 Å². The maximum Gasteiger partial charge on any atom is 0.239 e. The molecule has 0 aliphatic heterocycles. The molecule has 1 atom stereocenters. The molecule has 1 aromatic carbocycles. The van der Waals surface area contributed by atoms with E-state index < -0.39 is 0 Å². The summed E-state index contributed by atoms with van der Waals surface area (Å²) >= 11 is 11.9. The summed E-state index contributed by atoms with van der Waals surface area (Å²) in [4.78, 5) is 14.1. The molecule has 0 fully saturated rings. The third-order valence-electron chi connectivity index (χ3n) is 3.05. The largest absolute Gasteiger partial charge is 0.335 e. The fraction of sp³-hybridized carbons (Fsp3) is 0.500. The van der Waals surface area contributed by atoms with E-state index in [0.717, 1.165) is 5.56 Å². The third-order valence-corrected chi connectivity index (χ3v) is 3.79. The Hall–Kier alpha value is -0.770. The number of likely N-dealkylation sites (N-methyl/N-ethyl adjacent to an activating group) is 1. The highest BCUT2D eigenvalue weighted by molar-refractivity contribution is 6.42. The molecule has 1 aromatic rings. The summed E-state index contributed by atoms with van der Waals surface area (Å²) in [5.41, 5.74) is 0.972. The van der Waals surface area contributed by atoms with Gasteiger partial charge in [-0.1, -0.05) is 29.3 Å². The molecule has 5 heteroatoms. The summed E-state index contributed by atoms with van der Waals surface area (Å²) < 4.78 is 0. The second kappa shape index (κ2) is 7.13. The van der Waals surface area contributed by atoms with E-state index in [2.05, 4.69) is 5.32 Å². The first-order valence-electron chi connectivity index (χ1n) is 6.28. The Morgan fingerprint density at radius 2 is 1.89 bits per heavy atom. The highest BCUT2D eigenvalue weighted by Gasteiger charge is 2.21. The van der Waals surface area contributed by atoms with Gasteiger partial charge >= 0.3 is 0 Å². The number of hydrogen-bond acceptors (Lipinski definition) is 2. The second-order valence-corrected chi connectivity index (χ2v) is 5.63. The summed E-state index contributed by atoms with van der Waals surface area (Å²) in [5, 5.41) is 4.00. The van der Waals surface area contributed by atoms with Crippen molar-refractivity contribution in [1.82, 2.24) is 10.2 Å². The number of halogens is 2. The minimum atomic E-state index is -0.204. The van der Waals surface area contributed by atoms with E-state index in [4.69, 9.17) is 23.2 Å². The van der Waals surface area contributed by atoms with Gasteiger partial charge in [-0.25, -0.2) is 0 Å². The highest BCUT2D eigenvalue weighted by Crippen LogP contribution is 2.23. The maximum absolute atomic E-state index is 12.3. The van der Waals surface area contributed by atoms with Crippen molar-refractivity contribution in [2.45, 2.75) is 39.4 Å². The molecule has 19 heavy (non-hydrogen) atoms. The maximum atomic E-state index is 12.3. The molecule has 1 unspecified atom stereocenters. The third kappa shape index (κ3) is 4.37. The van der Waals surface area contributed by atoms with Gasteiger partial charge in [-0.3, -0.25) is 4.79 Å². The van der Waals surface area contributed by atoms with Crippen molar-refractivity contribution in [1.29, 1.82) is 0 Å². The summed E-state index contributed by atoms with van der Waals surface area (Å²) in [7, 11) is 1.78. The van der Waals surface area contributed by atoms with E-state index in [1.807, 2.05) is 31.7 Å². The molecular formula is C14H20Cl2N2O. The summed E-state index contributed by atoms with van der Waals surface area (Å²) in [5.74, 6) is 0.0728. The molecule has 0 radical (unpaired) electrons. The highest BCUT2D eigenvalue weighted by atomic mass is 35.5. The lowest BCUT2D eigenvalue weighted by molar-refractivity contribution is -0.135. The first-order valence-corrected chi connectivity index (χ1v) is 7.04. The van der Waals surface area contributed by atoms with Crippen LogP contribution >= 0.6 is 23.2 Å². The molecule has 1 amide bonds. The lowest BCUT2D eigenvalue weighted by Crippen LogP contribution is -2.46. The number of carbonyl (C=O) groups is 1. The van der Waals surface area contributed by atoms with E-state index in [9.17, 15) is 4.79 Å². The van der Waals surface area contributed by atoms with E-state index in [1.54, 1.807) is 19.2 Å². The van der Waals surface area contributed by atoms with Crippen molar-refractivity contribution in [3.8, 4) is 0 Å². The van der Waals surface area contributed by atoms with Crippen LogP contribution in [-0.4, -0.2) is 29.9 Å². The van der Waals surface area contributed by atoms with Crippen molar-refractivity contribution < 1.29 is 4.79 Å². The van der Waals surface area contributed by atoms with Crippen LogP contribution in [0.1, 0.15) is 26.3 Å². The van der Waals surface area contributed by atoms with Gasteiger partial charge in [0, 0.05) is 12.6 Å². The monoisotopic (exact) mass is 302 g/mol. The van der Waals surface area contributed by atoms with Gasteiger partial charge in [0.2, 0.25) is 5.91 Å². The van der Waals surface area contributed by atoms with Gasteiger partial charge in [-0.2, -0.15) is 0 Å². The molecule has 0 bridgehead atoms. The Kier molecular flexibility index (Phi) is 6.11. The van der Waals surface area contributed by atoms with Crippen LogP contribution in [0.3, 0.4) is 0 Å². The Morgan fingerprint density at radius 3 is 2.37 bits per heavy atom. The van der Waals surface area contributed by atoms with Crippen molar-refractivity contribution in [3.05, 3.63) is 33.8 Å². The molecule has 0 heterocycles. The van der Waals surface area contributed by atoms with Gasteiger partial charge in [0.15, 0.2) is 0 Å². The van der Waals surface area contributed by atoms with Crippen molar-refractivity contribution in [2.24, 2.45) is 0 Å². The SMILES string of the molecule is CNC(C)C(=O)N(Cc1ccc(Cl)c(Cl)c1)C(C)C. The Labute approximate surface area is 124 Å². The Morgan fingerprint density at radius 1 is 1.26 bits per heavy atom. The van der Waals surface area contributed by atoms with Crippen molar-refractivity contribution in [2.75, 3.05) is 7.05 Å². The first-order chi connectivity index (χ1) is 8.86. The number of nitrogens with zero attached hydrogens (tertiary/aromatic N) is 1. The van der Waals surface area contributed by atoms with E-state index in [-0.39, 0.29) is 18.0 Å². The van der Waals surface area contributed by atoms with E-state index >= 15 is 0 Å². The Bertz CT molecular complexity index is 449. The van der Waals surface area contributed by atoms with Crippen LogP contribution in [0.4, 0.5) is 0 Å². The number of benzene rings is 1. The number of carbonyl (C=O) groups excluding carboxylic acids is 1. The molecular weight excluding hydrogens is 283 g/mol. The molecule has 106 valence electrons. The zero-order chi connectivity index (χ0) is 14.6. The number of nitrogens with one attached hydrogen (secondary N) is 1. The molecule has 1 rings (SSSR count). The fourth-order valence-corrected chi connectivity index (χ4v) is 2.04. The number of hydrogen-bond donors (Lipinski definition) is 1. The number of rotatable bonds is 5. The van der Waals surface area contributed by atoms with Crippen LogP contribution in [0, 0.1) is 0 Å². The molecule has 1 N–H and O–H groups in total. The smallest absolute Gasteiger partial charge is 0.239 e. The van der Waals surface area contributed by atoms with Gasteiger partial charge in [0.25, 0.3) is 0 Å². The van der Waals surface area contributed by atoms with Gasteiger partial charge < -0.3 is 10.2 Å².